The molecule has 1 N–H and O–H groups in total. The topological polar surface area (TPSA) is 89.9 Å². The Hall–Kier alpha value is -4.27. The quantitative estimate of drug-likeness (QED) is 0.128. The lowest BCUT2D eigenvalue weighted by atomic mass is 10.2. The highest BCUT2D eigenvalue weighted by Crippen LogP contribution is 2.37. The number of aromatic nitrogens is 1. The van der Waals surface area contributed by atoms with Crippen LogP contribution >= 0.6 is 22.9 Å². The molecule has 9 heteroatoms. The largest absolute Gasteiger partial charge is 0.493 e. The Labute approximate surface area is 214 Å². The average molecular weight is 516 g/mol. The van der Waals surface area contributed by atoms with Gasteiger partial charge < -0.3 is 9.47 Å². The molecule has 0 aliphatic carbocycles. The molecule has 36 heavy (non-hydrogen) atoms. The standard InChI is InChI=1S/C27H18ClN3O4S/c1-34-22-14-16(15-29-31-26(32)20-12-11-17-6-2-4-8-19(17)30-20)10-13-21(22)35-27(33)25-24(28)18-7-3-5-9-23(18)36-25/h2-15H,1H3,(H,31,32). The zero-order valence-electron chi connectivity index (χ0n) is 18.9. The molecule has 0 saturated carbocycles. The molecular weight excluding hydrogens is 498 g/mol. The molecule has 7 nitrogen and oxygen atoms in total. The summed E-state index contributed by atoms with van der Waals surface area (Å²) in [6.07, 6.45) is 1.45. The number of carbonyl (C=O) groups excluding carboxylic acids is 2. The number of pyridine rings is 1. The molecule has 0 saturated heterocycles. The number of hydrogen-bond acceptors (Lipinski definition) is 7. The van der Waals surface area contributed by atoms with Crippen molar-refractivity contribution in [3.8, 4) is 11.5 Å². The Morgan fingerprint density at radius 1 is 1.00 bits per heavy atom. The fourth-order valence-corrected chi connectivity index (χ4v) is 4.94. The number of thiophene rings is 1. The third kappa shape index (κ3) is 4.77. The second-order valence-corrected chi connectivity index (χ2v) is 9.06. The molecule has 0 radical (unpaired) electrons. The average Bonchev–Trinajstić information content (AvgIpc) is 3.25. The van der Waals surface area contributed by atoms with Gasteiger partial charge in [-0.25, -0.2) is 15.2 Å². The van der Waals surface area contributed by atoms with E-state index in [0.29, 0.717) is 21.2 Å². The molecule has 0 fully saturated rings. The summed E-state index contributed by atoms with van der Waals surface area (Å²) in [5.41, 5.74) is 4.07. The minimum Gasteiger partial charge on any atom is -0.493 e. The van der Waals surface area contributed by atoms with E-state index in [9.17, 15) is 9.59 Å². The summed E-state index contributed by atoms with van der Waals surface area (Å²) in [5.74, 6) is -0.449. The highest BCUT2D eigenvalue weighted by atomic mass is 35.5. The fraction of sp³-hybridized carbons (Fsp3) is 0.0370. The van der Waals surface area contributed by atoms with Crippen LogP contribution in [0.15, 0.2) is 84.0 Å². The van der Waals surface area contributed by atoms with Crippen molar-refractivity contribution in [1.82, 2.24) is 10.4 Å². The monoisotopic (exact) mass is 515 g/mol. The van der Waals surface area contributed by atoms with Crippen molar-refractivity contribution in [1.29, 1.82) is 0 Å². The molecule has 0 bridgehead atoms. The van der Waals surface area contributed by atoms with Crippen LogP contribution in [-0.2, 0) is 0 Å². The van der Waals surface area contributed by atoms with Crippen LogP contribution in [0.3, 0.4) is 0 Å². The molecule has 5 rings (SSSR count). The van der Waals surface area contributed by atoms with Crippen molar-refractivity contribution in [3.63, 3.8) is 0 Å². The molecule has 0 aliphatic heterocycles. The highest BCUT2D eigenvalue weighted by Gasteiger charge is 2.20. The van der Waals surface area contributed by atoms with Gasteiger partial charge in [0.25, 0.3) is 5.91 Å². The van der Waals surface area contributed by atoms with Crippen molar-refractivity contribution >= 4 is 62.0 Å². The van der Waals surface area contributed by atoms with Gasteiger partial charge in [0.05, 0.1) is 23.9 Å². The second-order valence-electron chi connectivity index (χ2n) is 7.63. The number of nitrogens with zero attached hydrogens (tertiary/aromatic N) is 2. The van der Waals surface area contributed by atoms with Gasteiger partial charge in [0.1, 0.15) is 10.6 Å². The van der Waals surface area contributed by atoms with E-state index < -0.39 is 11.9 Å². The van der Waals surface area contributed by atoms with Crippen LogP contribution in [0.25, 0.3) is 21.0 Å². The molecule has 2 aromatic heterocycles. The van der Waals surface area contributed by atoms with Crippen LogP contribution in [0.5, 0.6) is 11.5 Å². The van der Waals surface area contributed by atoms with Gasteiger partial charge in [-0.3, -0.25) is 4.79 Å². The number of benzene rings is 3. The van der Waals surface area contributed by atoms with Gasteiger partial charge in [-0.05, 0) is 42.0 Å². The van der Waals surface area contributed by atoms with Gasteiger partial charge in [0.2, 0.25) is 0 Å². The first-order valence-electron chi connectivity index (χ1n) is 10.8. The number of methoxy groups -OCH3 is 1. The van der Waals surface area contributed by atoms with Crippen molar-refractivity contribution in [2.75, 3.05) is 7.11 Å². The van der Waals surface area contributed by atoms with E-state index >= 15 is 0 Å². The molecule has 178 valence electrons. The van der Waals surface area contributed by atoms with Crippen LogP contribution < -0.4 is 14.9 Å². The first-order chi connectivity index (χ1) is 17.5. The van der Waals surface area contributed by atoms with Gasteiger partial charge >= 0.3 is 5.97 Å². The number of halogens is 1. The fourth-order valence-electron chi connectivity index (χ4n) is 3.56. The molecule has 0 atom stereocenters. The maximum Gasteiger partial charge on any atom is 0.355 e. The number of esters is 1. The van der Waals surface area contributed by atoms with Crippen molar-refractivity contribution in [2.45, 2.75) is 0 Å². The molecule has 2 heterocycles. The zero-order chi connectivity index (χ0) is 25.1. The van der Waals surface area contributed by atoms with Crippen LogP contribution in [-0.4, -0.2) is 30.2 Å². The summed E-state index contributed by atoms with van der Waals surface area (Å²) >= 11 is 7.66. The summed E-state index contributed by atoms with van der Waals surface area (Å²) in [7, 11) is 1.47. The van der Waals surface area contributed by atoms with Crippen LogP contribution in [0, 0.1) is 0 Å². The summed E-state index contributed by atoms with van der Waals surface area (Å²) < 4.78 is 11.8. The third-order valence-electron chi connectivity index (χ3n) is 5.32. The van der Waals surface area contributed by atoms with Crippen LogP contribution in [0.4, 0.5) is 0 Å². The lowest BCUT2D eigenvalue weighted by Crippen LogP contribution is -2.18. The smallest absolute Gasteiger partial charge is 0.355 e. The Morgan fingerprint density at radius 3 is 2.64 bits per heavy atom. The Balaban J connectivity index is 1.28. The van der Waals surface area contributed by atoms with E-state index in [1.54, 1.807) is 24.3 Å². The number of nitrogens with one attached hydrogen (secondary N) is 1. The molecule has 0 spiro atoms. The zero-order valence-corrected chi connectivity index (χ0v) is 20.5. The molecule has 0 unspecified atom stereocenters. The number of amides is 1. The van der Waals surface area contributed by atoms with E-state index in [-0.39, 0.29) is 11.4 Å². The molecule has 5 aromatic rings. The summed E-state index contributed by atoms with van der Waals surface area (Å²) in [4.78, 5) is 29.9. The predicted molar refractivity (Wildman–Crippen MR) is 142 cm³/mol. The van der Waals surface area contributed by atoms with E-state index in [4.69, 9.17) is 21.1 Å². The van der Waals surface area contributed by atoms with Crippen molar-refractivity contribution in [3.05, 3.63) is 100 Å². The normalized spacial score (nSPS) is 11.2. The minimum absolute atomic E-state index is 0.234. The van der Waals surface area contributed by atoms with Gasteiger partial charge in [-0.15, -0.1) is 11.3 Å². The van der Waals surface area contributed by atoms with E-state index in [2.05, 4.69) is 15.5 Å². The number of hydrazone groups is 1. The van der Waals surface area contributed by atoms with Crippen LogP contribution in [0.2, 0.25) is 5.02 Å². The number of hydrogen-bond donors (Lipinski definition) is 1. The first kappa shape index (κ1) is 23.5. The Kier molecular flexibility index (Phi) is 6.62. The predicted octanol–water partition coefficient (Wildman–Crippen LogP) is 6.09. The number of ether oxygens (including phenoxy) is 2. The number of rotatable bonds is 6. The Bertz CT molecular complexity index is 1650. The number of fused-ring (bicyclic) bond motifs is 2. The highest BCUT2D eigenvalue weighted by molar-refractivity contribution is 7.21. The van der Waals surface area contributed by atoms with Crippen molar-refractivity contribution < 1.29 is 19.1 Å². The number of para-hydroxylation sites is 1. The maximum atomic E-state index is 12.8. The van der Waals surface area contributed by atoms with E-state index in [1.807, 2.05) is 54.6 Å². The first-order valence-corrected chi connectivity index (χ1v) is 12.0. The molecule has 1 amide bonds. The molecular formula is C27H18ClN3O4S. The van der Waals surface area contributed by atoms with Gasteiger partial charge in [0, 0.05) is 15.5 Å². The van der Waals surface area contributed by atoms with Gasteiger partial charge in [-0.2, -0.15) is 5.10 Å². The maximum absolute atomic E-state index is 12.8. The minimum atomic E-state index is -0.573. The van der Waals surface area contributed by atoms with Crippen molar-refractivity contribution in [2.24, 2.45) is 5.10 Å². The summed E-state index contributed by atoms with van der Waals surface area (Å²) in [6, 6.07) is 23.4. The summed E-state index contributed by atoms with van der Waals surface area (Å²) in [5, 5.41) is 6.11. The van der Waals surface area contributed by atoms with Crippen LogP contribution in [0.1, 0.15) is 25.7 Å². The lowest BCUT2D eigenvalue weighted by molar-refractivity contribution is 0.0734. The third-order valence-corrected chi connectivity index (χ3v) is 6.98. The van der Waals surface area contributed by atoms with Gasteiger partial charge in [-0.1, -0.05) is 54.1 Å². The van der Waals surface area contributed by atoms with E-state index in [1.165, 1.54) is 24.7 Å². The lowest BCUT2D eigenvalue weighted by Gasteiger charge is -2.09. The SMILES string of the molecule is COc1cc(C=NNC(=O)c2ccc3ccccc3n2)ccc1OC(=O)c1sc2ccccc2c1Cl. The van der Waals surface area contributed by atoms with Gasteiger partial charge in [0.15, 0.2) is 11.5 Å². The van der Waals surface area contributed by atoms with E-state index in [0.717, 1.165) is 21.0 Å². The molecule has 3 aromatic carbocycles. The summed E-state index contributed by atoms with van der Waals surface area (Å²) in [6.45, 7) is 0. The number of carbonyl (C=O) groups is 2. The molecule has 0 aliphatic rings. The second kappa shape index (κ2) is 10.2. The Morgan fingerprint density at radius 2 is 1.81 bits per heavy atom.